The van der Waals surface area contributed by atoms with Crippen molar-refractivity contribution in [3.8, 4) is 6.07 Å². The van der Waals surface area contributed by atoms with Gasteiger partial charge in [0.15, 0.2) is 5.78 Å². The first kappa shape index (κ1) is 24.5. The lowest BCUT2D eigenvalue weighted by atomic mass is 9.98. The lowest BCUT2D eigenvalue weighted by Crippen LogP contribution is -2.45. The fourth-order valence-corrected chi connectivity index (χ4v) is 5.09. The van der Waals surface area contributed by atoms with Crippen LogP contribution in [0.2, 0.25) is 0 Å². The smallest absolute Gasteiger partial charge is 0.220 e. The van der Waals surface area contributed by atoms with E-state index in [0.717, 1.165) is 37.3 Å². The van der Waals surface area contributed by atoms with Crippen molar-refractivity contribution in [3.63, 3.8) is 0 Å². The van der Waals surface area contributed by atoms with Crippen molar-refractivity contribution in [3.05, 3.63) is 71.1 Å². The fraction of sp³-hybridized carbons (Fsp3) is 0.393. The minimum atomic E-state index is -0.316. The van der Waals surface area contributed by atoms with E-state index < -0.39 is 0 Å². The first-order valence-electron chi connectivity index (χ1n) is 12.3. The molecule has 7 nitrogen and oxygen atoms in total. The summed E-state index contributed by atoms with van der Waals surface area (Å²) < 4.78 is 0. The molecule has 2 heterocycles. The predicted molar refractivity (Wildman–Crippen MR) is 138 cm³/mol. The molecule has 2 aliphatic heterocycles. The summed E-state index contributed by atoms with van der Waals surface area (Å²) in [5.41, 5.74) is 4.72. The second-order valence-corrected chi connectivity index (χ2v) is 9.20. The maximum absolute atomic E-state index is 12.9. The molecule has 4 rings (SSSR count). The van der Waals surface area contributed by atoms with Gasteiger partial charge in [0.2, 0.25) is 5.91 Å². The van der Waals surface area contributed by atoms with Crippen molar-refractivity contribution in [2.24, 2.45) is 0 Å². The number of allylic oxidation sites excluding steroid dienone is 1. The molecule has 0 aromatic heterocycles. The number of hydrogen-bond acceptors (Lipinski definition) is 6. The molecule has 0 spiro atoms. The van der Waals surface area contributed by atoms with Crippen molar-refractivity contribution in [2.75, 3.05) is 37.0 Å². The van der Waals surface area contributed by atoms with Crippen LogP contribution in [0.15, 0.2) is 59.9 Å². The van der Waals surface area contributed by atoms with Crippen molar-refractivity contribution in [1.82, 2.24) is 10.2 Å². The van der Waals surface area contributed by atoms with Gasteiger partial charge in [-0.1, -0.05) is 43.3 Å². The predicted octanol–water partition coefficient (Wildman–Crippen LogP) is 3.61. The molecule has 2 aromatic carbocycles. The zero-order chi connectivity index (χ0) is 24.9. The maximum atomic E-state index is 12.9. The highest BCUT2D eigenvalue weighted by Crippen LogP contribution is 2.40. The Morgan fingerprint density at radius 1 is 1.00 bits per heavy atom. The number of rotatable bonds is 8. The first-order valence-corrected chi connectivity index (χ1v) is 12.3. The number of nitrogens with one attached hydrogen (secondary N) is 1. The van der Waals surface area contributed by atoms with E-state index >= 15 is 0 Å². The van der Waals surface area contributed by atoms with Crippen LogP contribution in [-0.4, -0.2) is 49.8 Å². The van der Waals surface area contributed by atoms with Crippen LogP contribution in [0.4, 0.5) is 11.4 Å². The number of fused-ring (bicyclic) bond motifs is 2. The number of carbonyl (C=O) groups excluding carboxylic acids is 2. The van der Waals surface area contributed by atoms with Gasteiger partial charge >= 0.3 is 0 Å². The average Bonchev–Trinajstić information content (AvgIpc) is 3.13. The van der Waals surface area contributed by atoms with Crippen LogP contribution in [-0.2, 0) is 22.6 Å². The summed E-state index contributed by atoms with van der Waals surface area (Å²) >= 11 is 0. The van der Waals surface area contributed by atoms with Gasteiger partial charge in [0, 0.05) is 52.6 Å². The quantitative estimate of drug-likeness (QED) is 0.468. The fourth-order valence-electron chi connectivity index (χ4n) is 5.09. The van der Waals surface area contributed by atoms with E-state index in [1.807, 2.05) is 48.2 Å². The molecule has 1 N–H and O–H groups in total. The molecule has 182 valence electrons. The maximum Gasteiger partial charge on any atom is 0.220 e. The summed E-state index contributed by atoms with van der Waals surface area (Å²) in [5, 5.41) is 12.8. The number of ketones is 1. The molecular formula is C28H33N5O2. The second-order valence-electron chi connectivity index (χ2n) is 9.20. The second kappa shape index (κ2) is 10.7. The molecule has 2 aliphatic rings. The van der Waals surface area contributed by atoms with Crippen molar-refractivity contribution in [2.45, 2.75) is 45.2 Å². The van der Waals surface area contributed by atoms with Gasteiger partial charge in [-0.2, -0.15) is 5.26 Å². The lowest BCUT2D eigenvalue weighted by Gasteiger charge is -2.35. The Bertz CT molecular complexity index is 1150. The van der Waals surface area contributed by atoms with Gasteiger partial charge in [0.05, 0.1) is 11.4 Å². The van der Waals surface area contributed by atoms with Gasteiger partial charge < -0.3 is 15.1 Å². The third-order valence-electron chi connectivity index (χ3n) is 7.12. The Kier molecular flexibility index (Phi) is 7.52. The summed E-state index contributed by atoms with van der Waals surface area (Å²) in [6, 6.07) is 18.6. The summed E-state index contributed by atoms with van der Waals surface area (Å²) in [6.45, 7) is 4.56. The zero-order valence-electron chi connectivity index (χ0n) is 20.8. The van der Waals surface area contributed by atoms with E-state index in [9.17, 15) is 14.9 Å². The van der Waals surface area contributed by atoms with Gasteiger partial charge in [0.1, 0.15) is 17.5 Å². The highest BCUT2D eigenvalue weighted by molar-refractivity contribution is 6.03. The lowest BCUT2D eigenvalue weighted by molar-refractivity contribution is -0.124. The first-order chi connectivity index (χ1) is 16.9. The summed E-state index contributed by atoms with van der Waals surface area (Å²) in [6.07, 6.45) is 2.03. The Morgan fingerprint density at radius 2 is 1.63 bits per heavy atom. The third-order valence-corrected chi connectivity index (χ3v) is 7.12. The molecule has 0 aliphatic carbocycles. The Balaban J connectivity index is 1.32. The van der Waals surface area contributed by atoms with Crippen molar-refractivity contribution >= 4 is 23.1 Å². The summed E-state index contributed by atoms with van der Waals surface area (Å²) in [5.74, 6) is 0.0762. The molecule has 0 saturated carbocycles. The van der Waals surface area contributed by atoms with Crippen molar-refractivity contribution in [1.29, 1.82) is 5.26 Å². The number of nitrogens with zero attached hydrogens (tertiary/aromatic N) is 4. The molecule has 0 radical (unpaired) electrons. The van der Waals surface area contributed by atoms with Gasteiger partial charge in [-0.15, -0.1) is 0 Å². The summed E-state index contributed by atoms with van der Waals surface area (Å²) in [4.78, 5) is 31.7. The van der Waals surface area contributed by atoms with Crippen LogP contribution >= 0.6 is 0 Å². The number of anilines is 2. The molecule has 1 atom stereocenters. The van der Waals surface area contributed by atoms with Gasteiger partial charge in [-0.05, 0) is 36.1 Å². The Hall–Kier alpha value is -3.63. The van der Waals surface area contributed by atoms with E-state index in [-0.39, 0.29) is 36.1 Å². The monoisotopic (exact) mass is 471 g/mol. The molecule has 7 heteroatoms. The van der Waals surface area contributed by atoms with Crippen molar-refractivity contribution < 1.29 is 9.59 Å². The normalized spacial score (nSPS) is 15.8. The SMILES string of the molecule is CCC(CNC(=O)CCC(=O)C(C#N)=C1N(C)c2ccccc2N1C)N1CCc2ccccc2C1. The number of benzene rings is 2. The number of Topliss-reactive ketones (excluding diaryl/α,β-unsaturated/α-hetero) is 1. The van der Waals surface area contributed by atoms with Crippen LogP contribution in [0.3, 0.4) is 0 Å². The van der Waals surface area contributed by atoms with Crippen LogP contribution in [0.5, 0.6) is 0 Å². The van der Waals surface area contributed by atoms with Gasteiger partial charge in [-0.3, -0.25) is 14.5 Å². The van der Waals surface area contributed by atoms with Crippen LogP contribution in [0.25, 0.3) is 0 Å². The van der Waals surface area contributed by atoms with E-state index in [1.165, 1.54) is 11.1 Å². The zero-order valence-corrected chi connectivity index (χ0v) is 20.8. The number of amides is 1. The number of carbonyl (C=O) groups is 2. The Labute approximate surface area is 207 Å². The average molecular weight is 472 g/mol. The molecule has 2 aromatic rings. The third kappa shape index (κ3) is 5.08. The number of para-hydroxylation sites is 2. The number of hydrogen-bond donors (Lipinski definition) is 1. The molecular weight excluding hydrogens is 438 g/mol. The van der Waals surface area contributed by atoms with E-state index in [4.69, 9.17) is 0 Å². The van der Waals surface area contributed by atoms with Gasteiger partial charge in [0.25, 0.3) is 0 Å². The minimum absolute atomic E-state index is 0.00410. The van der Waals surface area contributed by atoms with E-state index in [2.05, 4.69) is 47.5 Å². The van der Waals surface area contributed by atoms with Crippen LogP contribution in [0, 0.1) is 11.3 Å². The van der Waals surface area contributed by atoms with E-state index in [0.29, 0.717) is 12.4 Å². The molecule has 1 unspecified atom stereocenters. The van der Waals surface area contributed by atoms with Gasteiger partial charge in [-0.25, -0.2) is 0 Å². The highest BCUT2D eigenvalue weighted by Gasteiger charge is 2.31. The topological polar surface area (TPSA) is 79.7 Å². The molecule has 0 bridgehead atoms. The van der Waals surface area contributed by atoms with Crippen LogP contribution < -0.4 is 15.1 Å². The highest BCUT2D eigenvalue weighted by atomic mass is 16.2. The number of nitriles is 1. The van der Waals surface area contributed by atoms with Crippen LogP contribution in [0.1, 0.15) is 37.3 Å². The standard InChI is InChI=1S/C28H33N5O2/c1-4-22(33-16-15-20-9-5-6-10-21(20)19-33)18-30-27(35)14-13-26(34)23(17-29)28-31(2)24-11-7-8-12-25(24)32(28)3/h5-12,22H,4,13-16,18-19H2,1-3H3,(H,30,35). The molecule has 0 saturated heterocycles. The Morgan fingerprint density at radius 3 is 2.26 bits per heavy atom. The molecule has 1 amide bonds. The molecule has 0 fully saturated rings. The summed E-state index contributed by atoms with van der Waals surface area (Å²) in [7, 11) is 3.69. The largest absolute Gasteiger partial charge is 0.355 e. The van der Waals surface area contributed by atoms with E-state index in [1.54, 1.807) is 0 Å². The minimum Gasteiger partial charge on any atom is -0.355 e. The molecule has 35 heavy (non-hydrogen) atoms.